The number of hydrogen-bond acceptors (Lipinski definition) is 3. The van der Waals surface area contributed by atoms with Crippen LogP contribution in [0.4, 0.5) is 4.39 Å². The molecule has 0 aliphatic heterocycles. The Labute approximate surface area is 178 Å². The molecule has 0 heterocycles. The molecule has 0 spiro atoms. The van der Waals surface area contributed by atoms with Crippen molar-refractivity contribution >= 4 is 11.8 Å². The van der Waals surface area contributed by atoms with Crippen molar-refractivity contribution in [1.29, 1.82) is 0 Å². The van der Waals surface area contributed by atoms with E-state index in [1.807, 2.05) is 52.8 Å². The highest BCUT2D eigenvalue weighted by molar-refractivity contribution is 5.88. The molecule has 5 nitrogen and oxygen atoms in total. The van der Waals surface area contributed by atoms with Gasteiger partial charge in [-0.25, -0.2) is 4.39 Å². The van der Waals surface area contributed by atoms with Crippen molar-refractivity contribution in [1.82, 2.24) is 10.2 Å². The molecule has 0 saturated heterocycles. The van der Waals surface area contributed by atoms with Crippen LogP contribution in [0.2, 0.25) is 0 Å². The highest BCUT2D eigenvalue weighted by atomic mass is 19.1. The van der Waals surface area contributed by atoms with Crippen molar-refractivity contribution in [3.05, 3.63) is 65.0 Å². The van der Waals surface area contributed by atoms with E-state index in [0.717, 1.165) is 16.7 Å². The van der Waals surface area contributed by atoms with E-state index >= 15 is 0 Å². The number of nitrogens with one attached hydrogen (secondary N) is 1. The molecule has 30 heavy (non-hydrogen) atoms. The van der Waals surface area contributed by atoms with Gasteiger partial charge in [-0.15, -0.1) is 0 Å². The van der Waals surface area contributed by atoms with Crippen LogP contribution in [0, 0.1) is 19.7 Å². The van der Waals surface area contributed by atoms with Crippen LogP contribution in [0.15, 0.2) is 42.5 Å². The smallest absolute Gasteiger partial charge is 0.261 e. The number of ether oxygens (including phenoxy) is 1. The molecule has 0 radical (unpaired) electrons. The van der Waals surface area contributed by atoms with Crippen LogP contribution in [0.3, 0.4) is 0 Å². The summed E-state index contributed by atoms with van der Waals surface area (Å²) in [5, 5.41) is 2.88. The molecule has 6 heteroatoms. The summed E-state index contributed by atoms with van der Waals surface area (Å²) in [7, 11) is 0. The van der Waals surface area contributed by atoms with E-state index < -0.39 is 6.04 Å². The van der Waals surface area contributed by atoms with Crippen LogP contribution >= 0.6 is 0 Å². The summed E-state index contributed by atoms with van der Waals surface area (Å²) in [5.74, 6) is -0.228. The second-order valence-corrected chi connectivity index (χ2v) is 7.79. The van der Waals surface area contributed by atoms with Gasteiger partial charge in [-0.2, -0.15) is 0 Å². The molecule has 1 N–H and O–H groups in total. The van der Waals surface area contributed by atoms with Crippen molar-refractivity contribution in [2.24, 2.45) is 0 Å². The molecular weight excluding hydrogens is 383 g/mol. The largest absolute Gasteiger partial charge is 0.483 e. The minimum absolute atomic E-state index is 0.0409. The van der Waals surface area contributed by atoms with Crippen LogP contribution in [0.5, 0.6) is 5.75 Å². The number of rotatable bonds is 9. The highest BCUT2D eigenvalue weighted by Gasteiger charge is 2.29. The maximum atomic E-state index is 13.3. The van der Waals surface area contributed by atoms with Crippen LogP contribution in [0.1, 0.15) is 43.9 Å². The molecule has 0 aliphatic carbocycles. The first-order valence-corrected chi connectivity index (χ1v) is 10.3. The second kappa shape index (κ2) is 10.8. The molecule has 2 rings (SSSR count). The summed E-state index contributed by atoms with van der Waals surface area (Å²) in [5.41, 5.74) is 2.80. The summed E-state index contributed by atoms with van der Waals surface area (Å²) in [4.78, 5) is 27.3. The fourth-order valence-corrected chi connectivity index (χ4v) is 3.27. The molecule has 1 atom stereocenters. The molecule has 2 aromatic carbocycles. The Balaban J connectivity index is 2.22. The third-order valence-corrected chi connectivity index (χ3v) is 4.76. The molecule has 0 bridgehead atoms. The fourth-order valence-electron chi connectivity index (χ4n) is 3.27. The lowest BCUT2D eigenvalue weighted by molar-refractivity contribution is -0.143. The molecule has 0 fully saturated rings. The van der Waals surface area contributed by atoms with E-state index in [1.54, 1.807) is 12.1 Å². The van der Waals surface area contributed by atoms with E-state index in [-0.39, 0.29) is 36.8 Å². The van der Waals surface area contributed by atoms with Gasteiger partial charge in [-0.1, -0.05) is 36.8 Å². The van der Waals surface area contributed by atoms with Gasteiger partial charge in [0.1, 0.15) is 17.6 Å². The van der Waals surface area contributed by atoms with Crippen molar-refractivity contribution in [2.75, 3.05) is 6.61 Å². The van der Waals surface area contributed by atoms with Gasteiger partial charge in [-0.3, -0.25) is 9.59 Å². The molecule has 0 aliphatic rings. The lowest BCUT2D eigenvalue weighted by Gasteiger charge is -2.31. The van der Waals surface area contributed by atoms with Gasteiger partial charge in [0.05, 0.1) is 0 Å². The van der Waals surface area contributed by atoms with Crippen molar-refractivity contribution in [3.63, 3.8) is 0 Å². The SMILES string of the molecule is CCC(C(=O)NC(C)C)N(Cc1ccc(F)cc1)C(=O)COc1ccc(C)cc1C. The zero-order valence-electron chi connectivity index (χ0n) is 18.4. The first kappa shape index (κ1) is 23.4. The summed E-state index contributed by atoms with van der Waals surface area (Å²) in [6, 6.07) is 11.0. The number of halogens is 1. The third-order valence-electron chi connectivity index (χ3n) is 4.76. The standard InChI is InChI=1S/C24H31FN2O3/c1-6-21(24(29)26-16(2)3)27(14-19-8-10-20(25)11-9-19)23(28)15-30-22-12-7-17(4)13-18(22)5/h7-13,16,21H,6,14-15H2,1-5H3,(H,26,29). The Kier molecular flexibility index (Phi) is 8.39. The third kappa shape index (κ3) is 6.58. The minimum atomic E-state index is -0.646. The zero-order valence-corrected chi connectivity index (χ0v) is 18.4. The lowest BCUT2D eigenvalue weighted by Crippen LogP contribution is -2.51. The van der Waals surface area contributed by atoms with Crippen molar-refractivity contribution in [3.8, 4) is 5.75 Å². The predicted octanol–water partition coefficient (Wildman–Crippen LogP) is 4.15. The number of amides is 2. The summed E-state index contributed by atoms with van der Waals surface area (Å²) in [6.07, 6.45) is 0.453. The molecule has 0 aromatic heterocycles. The summed E-state index contributed by atoms with van der Waals surface area (Å²) >= 11 is 0. The Bertz CT molecular complexity index is 865. The average Bonchev–Trinajstić information content (AvgIpc) is 2.68. The first-order valence-electron chi connectivity index (χ1n) is 10.3. The van der Waals surface area contributed by atoms with Crippen molar-refractivity contribution < 1.29 is 18.7 Å². The van der Waals surface area contributed by atoms with Gasteiger partial charge >= 0.3 is 0 Å². The van der Waals surface area contributed by atoms with E-state index in [1.165, 1.54) is 17.0 Å². The lowest BCUT2D eigenvalue weighted by atomic mass is 10.1. The molecule has 2 aromatic rings. The van der Waals surface area contributed by atoms with E-state index in [2.05, 4.69) is 5.32 Å². The van der Waals surface area contributed by atoms with E-state index in [9.17, 15) is 14.0 Å². The predicted molar refractivity (Wildman–Crippen MR) is 116 cm³/mol. The van der Waals surface area contributed by atoms with Gasteiger partial charge in [0.25, 0.3) is 5.91 Å². The quantitative estimate of drug-likeness (QED) is 0.671. The number of hydrogen-bond donors (Lipinski definition) is 1. The molecule has 162 valence electrons. The molecular formula is C24H31FN2O3. The van der Waals surface area contributed by atoms with Crippen LogP contribution < -0.4 is 10.1 Å². The second-order valence-electron chi connectivity index (χ2n) is 7.79. The van der Waals surface area contributed by atoms with Crippen molar-refractivity contribution in [2.45, 2.75) is 59.7 Å². The molecule has 0 saturated carbocycles. The Morgan fingerprint density at radius 3 is 2.33 bits per heavy atom. The molecule has 1 unspecified atom stereocenters. The molecule has 2 amide bonds. The monoisotopic (exact) mass is 414 g/mol. The van der Waals surface area contributed by atoms with Gasteiger partial charge in [0, 0.05) is 12.6 Å². The number of carbonyl (C=O) groups excluding carboxylic acids is 2. The maximum absolute atomic E-state index is 13.3. The van der Waals surface area contributed by atoms with Gasteiger partial charge in [0.2, 0.25) is 5.91 Å². The number of aryl methyl sites for hydroxylation is 2. The zero-order chi connectivity index (χ0) is 22.3. The normalized spacial score (nSPS) is 11.8. The number of carbonyl (C=O) groups is 2. The number of nitrogens with zero attached hydrogens (tertiary/aromatic N) is 1. The highest BCUT2D eigenvalue weighted by Crippen LogP contribution is 2.20. The fraction of sp³-hybridized carbons (Fsp3) is 0.417. The van der Waals surface area contributed by atoms with E-state index in [0.29, 0.717) is 12.2 Å². The Morgan fingerprint density at radius 2 is 1.77 bits per heavy atom. The van der Waals surface area contributed by atoms with Crippen LogP contribution in [-0.4, -0.2) is 35.4 Å². The summed E-state index contributed by atoms with van der Waals surface area (Å²) in [6.45, 7) is 9.54. The minimum Gasteiger partial charge on any atom is -0.483 e. The average molecular weight is 415 g/mol. The Morgan fingerprint density at radius 1 is 1.10 bits per heavy atom. The van der Waals surface area contributed by atoms with Crippen LogP contribution in [-0.2, 0) is 16.1 Å². The number of benzene rings is 2. The van der Waals surface area contributed by atoms with Gasteiger partial charge in [0.15, 0.2) is 6.61 Å². The maximum Gasteiger partial charge on any atom is 0.261 e. The Hall–Kier alpha value is -2.89. The van der Waals surface area contributed by atoms with E-state index in [4.69, 9.17) is 4.74 Å². The summed E-state index contributed by atoms with van der Waals surface area (Å²) < 4.78 is 19.1. The topological polar surface area (TPSA) is 58.6 Å². The van der Waals surface area contributed by atoms with Gasteiger partial charge < -0.3 is 15.0 Å². The van der Waals surface area contributed by atoms with Gasteiger partial charge in [-0.05, 0) is 63.4 Å². The first-order chi connectivity index (χ1) is 14.2. The van der Waals surface area contributed by atoms with Crippen LogP contribution in [0.25, 0.3) is 0 Å².